The lowest BCUT2D eigenvalue weighted by Gasteiger charge is -2.08. The molecule has 0 N–H and O–H groups in total. The van der Waals surface area contributed by atoms with Crippen LogP contribution in [0.25, 0.3) is 6.08 Å². The van der Waals surface area contributed by atoms with Crippen LogP contribution in [0.15, 0.2) is 48.5 Å². The lowest BCUT2D eigenvalue weighted by Crippen LogP contribution is -1.98. The molecule has 0 aliphatic heterocycles. The highest BCUT2D eigenvalue weighted by Crippen LogP contribution is 2.28. The molecule has 4 nitrogen and oxygen atoms in total. The van der Waals surface area contributed by atoms with Crippen LogP contribution < -0.4 is 9.47 Å². The second kappa shape index (κ2) is 7.61. The molecule has 0 saturated heterocycles. The van der Waals surface area contributed by atoms with Crippen molar-refractivity contribution < 1.29 is 19.1 Å². The standard InChI is InChI=1S/C18H15ClO4/c1-22-16-10-8-13(11-17(16)23-2)15(20)9-7-12-5-3-4-6-14(12)18(19)21/h3-11H,1-2H3. The van der Waals surface area contributed by atoms with E-state index in [0.717, 1.165) is 0 Å². The van der Waals surface area contributed by atoms with E-state index in [0.29, 0.717) is 28.2 Å². The average molecular weight is 331 g/mol. The van der Waals surface area contributed by atoms with Gasteiger partial charge in [-0.2, -0.15) is 0 Å². The van der Waals surface area contributed by atoms with Crippen LogP contribution in [-0.2, 0) is 0 Å². The Balaban J connectivity index is 2.27. The Hall–Kier alpha value is -2.59. The highest BCUT2D eigenvalue weighted by atomic mass is 35.5. The normalized spacial score (nSPS) is 10.6. The van der Waals surface area contributed by atoms with Gasteiger partial charge in [0.1, 0.15) is 0 Å². The van der Waals surface area contributed by atoms with E-state index in [2.05, 4.69) is 0 Å². The Labute approximate surface area is 139 Å². The van der Waals surface area contributed by atoms with Crippen molar-refractivity contribution in [3.63, 3.8) is 0 Å². The first-order chi connectivity index (χ1) is 11.1. The van der Waals surface area contributed by atoms with E-state index in [1.54, 1.807) is 48.5 Å². The SMILES string of the molecule is COc1ccc(C(=O)C=Cc2ccccc2C(=O)Cl)cc1OC. The fourth-order valence-corrected chi connectivity index (χ4v) is 2.24. The minimum atomic E-state index is -0.566. The summed E-state index contributed by atoms with van der Waals surface area (Å²) in [6, 6.07) is 11.7. The molecule has 0 aliphatic carbocycles. The lowest BCUT2D eigenvalue weighted by atomic mass is 10.1. The molecule has 0 spiro atoms. The Kier molecular flexibility index (Phi) is 5.55. The van der Waals surface area contributed by atoms with Crippen molar-refractivity contribution in [2.45, 2.75) is 0 Å². The highest BCUT2D eigenvalue weighted by molar-refractivity contribution is 6.68. The second-order valence-corrected chi connectivity index (χ2v) is 4.97. The van der Waals surface area contributed by atoms with E-state index < -0.39 is 5.24 Å². The molecule has 0 radical (unpaired) electrons. The minimum absolute atomic E-state index is 0.220. The lowest BCUT2D eigenvalue weighted by molar-refractivity contribution is 0.104. The number of ether oxygens (including phenoxy) is 2. The van der Waals surface area contributed by atoms with Crippen molar-refractivity contribution in [1.82, 2.24) is 0 Å². The summed E-state index contributed by atoms with van der Waals surface area (Å²) in [5.74, 6) is 0.803. The monoisotopic (exact) mass is 330 g/mol. The first kappa shape index (κ1) is 16.8. The van der Waals surface area contributed by atoms with Crippen molar-refractivity contribution in [2.24, 2.45) is 0 Å². The van der Waals surface area contributed by atoms with Gasteiger partial charge in [0.25, 0.3) is 5.24 Å². The summed E-state index contributed by atoms with van der Waals surface area (Å²) >= 11 is 5.53. The molecule has 0 saturated carbocycles. The van der Waals surface area contributed by atoms with Gasteiger partial charge < -0.3 is 9.47 Å². The van der Waals surface area contributed by atoms with Gasteiger partial charge >= 0.3 is 0 Å². The zero-order chi connectivity index (χ0) is 16.8. The van der Waals surface area contributed by atoms with Crippen molar-refractivity contribution in [3.05, 3.63) is 65.2 Å². The van der Waals surface area contributed by atoms with Crippen molar-refractivity contribution >= 4 is 28.7 Å². The smallest absolute Gasteiger partial charge is 0.252 e. The van der Waals surface area contributed by atoms with E-state index in [4.69, 9.17) is 21.1 Å². The van der Waals surface area contributed by atoms with E-state index in [1.807, 2.05) is 0 Å². The summed E-state index contributed by atoms with van der Waals surface area (Å²) in [6.45, 7) is 0. The zero-order valence-corrected chi connectivity index (χ0v) is 13.5. The number of ketones is 1. The maximum absolute atomic E-state index is 12.3. The van der Waals surface area contributed by atoms with Crippen molar-refractivity contribution in [1.29, 1.82) is 0 Å². The number of halogens is 1. The first-order valence-electron chi connectivity index (χ1n) is 6.80. The summed E-state index contributed by atoms with van der Waals surface area (Å²) < 4.78 is 10.3. The van der Waals surface area contributed by atoms with Crippen LogP contribution in [0.3, 0.4) is 0 Å². The van der Waals surface area contributed by atoms with Gasteiger partial charge in [-0.25, -0.2) is 0 Å². The van der Waals surface area contributed by atoms with Crippen LogP contribution in [0.5, 0.6) is 11.5 Å². The number of allylic oxidation sites excluding steroid dienone is 1. The largest absolute Gasteiger partial charge is 0.493 e. The number of benzene rings is 2. The van der Waals surface area contributed by atoms with E-state index in [1.165, 1.54) is 20.3 Å². The molecular weight excluding hydrogens is 316 g/mol. The summed E-state index contributed by atoms with van der Waals surface area (Å²) in [5, 5.41) is -0.566. The summed E-state index contributed by atoms with van der Waals surface area (Å²) in [6.07, 6.45) is 2.95. The van der Waals surface area contributed by atoms with Crippen molar-refractivity contribution in [2.75, 3.05) is 14.2 Å². The molecule has 2 aromatic carbocycles. The molecule has 5 heteroatoms. The predicted molar refractivity (Wildman–Crippen MR) is 89.5 cm³/mol. The summed E-state index contributed by atoms with van der Waals surface area (Å²) in [5.41, 5.74) is 1.39. The highest BCUT2D eigenvalue weighted by Gasteiger charge is 2.10. The zero-order valence-electron chi connectivity index (χ0n) is 12.7. The maximum Gasteiger partial charge on any atom is 0.252 e. The number of rotatable bonds is 6. The molecule has 0 atom stereocenters. The minimum Gasteiger partial charge on any atom is -0.493 e. The number of hydrogen-bond donors (Lipinski definition) is 0. The van der Waals surface area contributed by atoms with E-state index in [9.17, 15) is 9.59 Å². The third-order valence-electron chi connectivity index (χ3n) is 3.25. The van der Waals surface area contributed by atoms with Crippen LogP contribution in [-0.4, -0.2) is 25.2 Å². The molecule has 2 rings (SSSR count). The van der Waals surface area contributed by atoms with Gasteiger partial charge in [0.2, 0.25) is 0 Å². The Bertz CT molecular complexity index is 765. The molecule has 0 heterocycles. The van der Waals surface area contributed by atoms with Gasteiger partial charge in [-0.3, -0.25) is 9.59 Å². The molecule has 0 fully saturated rings. The molecule has 0 bridgehead atoms. The third-order valence-corrected chi connectivity index (χ3v) is 3.46. The number of carbonyl (C=O) groups excluding carboxylic acids is 2. The van der Waals surface area contributed by atoms with Crippen LogP contribution in [0.2, 0.25) is 0 Å². The van der Waals surface area contributed by atoms with Crippen molar-refractivity contribution in [3.8, 4) is 11.5 Å². The molecule has 0 unspecified atom stereocenters. The van der Waals surface area contributed by atoms with Crippen LogP contribution in [0, 0.1) is 0 Å². The number of hydrogen-bond acceptors (Lipinski definition) is 4. The van der Waals surface area contributed by atoms with Crippen LogP contribution >= 0.6 is 11.6 Å². The molecular formula is C18H15ClO4. The van der Waals surface area contributed by atoms with Gasteiger partial charge in [-0.05, 0) is 47.5 Å². The van der Waals surface area contributed by atoms with Crippen LogP contribution in [0.4, 0.5) is 0 Å². The maximum atomic E-state index is 12.3. The Morgan fingerprint density at radius 3 is 2.35 bits per heavy atom. The third kappa shape index (κ3) is 3.99. The fourth-order valence-electron chi connectivity index (χ4n) is 2.07. The Morgan fingerprint density at radius 2 is 1.70 bits per heavy atom. The molecule has 23 heavy (non-hydrogen) atoms. The predicted octanol–water partition coefficient (Wildman–Crippen LogP) is 3.98. The molecule has 118 valence electrons. The molecule has 0 amide bonds. The van der Waals surface area contributed by atoms with Gasteiger partial charge in [0.05, 0.1) is 14.2 Å². The second-order valence-electron chi connectivity index (χ2n) is 4.63. The van der Waals surface area contributed by atoms with Gasteiger partial charge in [0, 0.05) is 11.1 Å². The average Bonchev–Trinajstić information content (AvgIpc) is 2.59. The molecule has 0 aliphatic rings. The summed E-state index contributed by atoms with van der Waals surface area (Å²) in [4.78, 5) is 23.6. The van der Waals surface area contributed by atoms with E-state index >= 15 is 0 Å². The molecule has 2 aromatic rings. The van der Waals surface area contributed by atoms with Gasteiger partial charge in [0.15, 0.2) is 17.3 Å². The molecule has 0 aromatic heterocycles. The fraction of sp³-hybridized carbons (Fsp3) is 0.111. The summed E-state index contributed by atoms with van der Waals surface area (Å²) in [7, 11) is 3.03. The van der Waals surface area contributed by atoms with Gasteiger partial charge in [-0.15, -0.1) is 0 Å². The number of methoxy groups -OCH3 is 2. The quantitative estimate of drug-likeness (QED) is 0.457. The topological polar surface area (TPSA) is 52.6 Å². The van der Waals surface area contributed by atoms with Gasteiger partial charge in [-0.1, -0.05) is 24.3 Å². The van der Waals surface area contributed by atoms with Crippen LogP contribution in [0.1, 0.15) is 26.3 Å². The Morgan fingerprint density at radius 1 is 1.00 bits per heavy atom. The number of carbonyl (C=O) groups is 2. The van der Waals surface area contributed by atoms with E-state index in [-0.39, 0.29) is 5.78 Å². The first-order valence-corrected chi connectivity index (χ1v) is 7.18.